The van der Waals surface area contributed by atoms with Gasteiger partial charge in [0.05, 0.1) is 52.4 Å². The van der Waals surface area contributed by atoms with E-state index >= 15 is 0 Å². The van der Waals surface area contributed by atoms with Crippen molar-refractivity contribution >= 4 is 106 Å². The highest BCUT2D eigenvalue weighted by Crippen LogP contribution is 2.44. The quantitative estimate of drug-likeness (QED) is 0.0689. The van der Waals surface area contributed by atoms with E-state index in [1.165, 1.54) is 0 Å². The highest BCUT2D eigenvalue weighted by atomic mass is 35.5. The molecule has 15 nitrogen and oxygen atoms in total. The van der Waals surface area contributed by atoms with Gasteiger partial charge in [-0.3, -0.25) is 0 Å². The van der Waals surface area contributed by atoms with E-state index in [2.05, 4.69) is 78.4 Å². The van der Waals surface area contributed by atoms with Crippen molar-refractivity contribution in [1.82, 2.24) is 39.3 Å². The molecule has 0 radical (unpaired) electrons. The number of hydrogen-bond acceptors (Lipinski definition) is 12. The van der Waals surface area contributed by atoms with Crippen LogP contribution in [0.5, 0.6) is 17.6 Å². The fourth-order valence-corrected chi connectivity index (χ4v) is 10.2. The van der Waals surface area contributed by atoms with Gasteiger partial charge in [-0.2, -0.15) is 4.40 Å². The third-order valence-corrected chi connectivity index (χ3v) is 18.3. The van der Waals surface area contributed by atoms with Crippen LogP contribution in [-0.2, 0) is 33.0 Å². The van der Waals surface area contributed by atoms with Gasteiger partial charge in [-0.05, 0) is 175 Å². The molecule has 412 valence electrons. The minimum Gasteiger partial charge on any atom is -0.471 e. The van der Waals surface area contributed by atoms with Gasteiger partial charge in [-0.15, -0.1) is 0 Å². The van der Waals surface area contributed by atoms with E-state index in [1.807, 2.05) is 74.4 Å². The summed E-state index contributed by atoms with van der Waals surface area (Å²) in [5.41, 5.74) is 2.26. The molecule has 3 aliphatic carbocycles. The summed E-state index contributed by atoms with van der Waals surface area (Å²) in [6.45, 7) is 27.7. The Hall–Kier alpha value is -4.01. The lowest BCUT2D eigenvalue weighted by Crippen LogP contribution is -2.35. The summed E-state index contributed by atoms with van der Waals surface area (Å²) >= 11 is 18.4. The smallest absolute Gasteiger partial charge is 0.223 e. The zero-order valence-electron chi connectivity index (χ0n) is 46.0. The van der Waals surface area contributed by atoms with Gasteiger partial charge in [0.1, 0.15) is 43.2 Å². The number of nitrogens with one attached hydrogen (secondary N) is 2. The van der Waals surface area contributed by atoms with Crippen molar-refractivity contribution in [1.29, 1.82) is 0 Å². The van der Waals surface area contributed by atoms with Crippen molar-refractivity contribution in [3.05, 3.63) is 87.5 Å². The minimum absolute atomic E-state index is 0.103. The average molecular weight is 1160 g/mol. The number of hydrogen-bond donors (Lipinski definition) is 2. The fourth-order valence-electron chi connectivity index (χ4n) is 7.36. The second-order valence-electron chi connectivity index (χ2n) is 23.4. The van der Waals surface area contributed by atoms with Crippen LogP contribution in [0.2, 0.25) is 15.5 Å². The Morgan fingerprint density at radius 1 is 0.526 bits per heavy atom. The molecule has 0 saturated heterocycles. The van der Waals surface area contributed by atoms with Gasteiger partial charge in [-0.25, -0.2) is 52.0 Å². The first-order valence-corrected chi connectivity index (χ1v) is 30.2. The Bertz CT molecular complexity index is 3070. The van der Waals surface area contributed by atoms with E-state index in [4.69, 9.17) is 49.0 Å². The van der Waals surface area contributed by atoms with E-state index < -0.39 is 37.7 Å². The van der Waals surface area contributed by atoms with Crippen molar-refractivity contribution < 1.29 is 26.8 Å². The van der Waals surface area contributed by atoms with Gasteiger partial charge < -0.3 is 14.2 Å². The first-order chi connectivity index (χ1) is 35.4. The molecule has 5 atom stereocenters. The van der Waals surface area contributed by atoms with Crippen molar-refractivity contribution in [3.8, 4) is 17.6 Å². The van der Waals surface area contributed by atoms with Crippen molar-refractivity contribution in [2.45, 2.75) is 191 Å². The molecule has 21 heteroatoms. The van der Waals surface area contributed by atoms with Crippen LogP contribution in [0, 0.1) is 0 Å². The van der Waals surface area contributed by atoms with E-state index in [0.29, 0.717) is 33.1 Å². The van der Waals surface area contributed by atoms with Gasteiger partial charge in [0, 0.05) is 66.4 Å². The largest absolute Gasteiger partial charge is 0.471 e. The van der Waals surface area contributed by atoms with E-state index in [-0.39, 0.29) is 38.4 Å². The van der Waals surface area contributed by atoms with Crippen LogP contribution in [0.1, 0.15) is 177 Å². The number of rotatable bonds is 16. The SMILES string of the molecule is CC1(Oc2ncc(C=N[S@@](=O)C(C)(C)C)c3cc(Cl)ncc23)CC1.CC[C@@H](N[S@@](=O)C(C)(C)C)c1cnc(OC2(C)CC2)c2cnc(Cl)cc12.CC[C@H](N[S@@](=O)C(C)(C)C)c1cnc(OC2(C)CC2)c2cnc(Cl)cc12. The van der Waals surface area contributed by atoms with E-state index in [1.54, 1.807) is 49.5 Å². The molecule has 6 aromatic heterocycles. The molecule has 3 saturated carbocycles. The molecule has 0 aromatic carbocycles. The molecule has 0 amide bonds. The third kappa shape index (κ3) is 15.4. The Labute approximate surface area is 470 Å². The fraction of sp³-hybridized carbons (Fsp3) is 0.545. The summed E-state index contributed by atoms with van der Waals surface area (Å²) in [5, 5.41) is 6.36. The molecule has 6 aromatic rings. The highest BCUT2D eigenvalue weighted by Gasteiger charge is 2.43. The summed E-state index contributed by atoms with van der Waals surface area (Å²) in [7, 11) is -3.71. The zero-order chi connectivity index (χ0) is 55.8. The topological polar surface area (TPSA) is 193 Å². The molecule has 6 heterocycles. The highest BCUT2D eigenvalue weighted by molar-refractivity contribution is 7.85. The van der Waals surface area contributed by atoms with Gasteiger partial charge in [0.15, 0.2) is 0 Å². The Morgan fingerprint density at radius 2 is 0.855 bits per heavy atom. The zero-order valence-corrected chi connectivity index (χ0v) is 50.7. The summed E-state index contributed by atoms with van der Waals surface area (Å²) in [4.78, 5) is 26.1. The lowest BCUT2D eigenvalue weighted by atomic mass is 10.0. The average Bonchev–Trinajstić information content (AvgIpc) is 4.31. The number of aromatic nitrogens is 6. The maximum atomic E-state index is 12.6. The van der Waals surface area contributed by atoms with Crippen LogP contribution < -0.4 is 23.7 Å². The molecule has 0 unspecified atom stereocenters. The van der Waals surface area contributed by atoms with Crippen molar-refractivity contribution in [3.63, 3.8) is 0 Å². The maximum Gasteiger partial charge on any atom is 0.223 e. The summed E-state index contributed by atoms with van der Waals surface area (Å²) in [6.07, 6.45) is 19.6. The Balaban J connectivity index is 0.000000166. The Morgan fingerprint density at radius 3 is 1.17 bits per heavy atom. The predicted molar refractivity (Wildman–Crippen MR) is 312 cm³/mol. The second kappa shape index (κ2) is 23.4. The van der Waals surface area contributed by atoms with Crippen LogP contribution in [0.4, 0.5) is 0 Å². The van der Waals surface area contributed by atoms with Crippen LogP contribution in [0.25, 0.3) is 32.3 Å². The van der Waals surface area contributed by atoms with Crippen LogP contribution in [0.3, 0.4) is 0 Å². The molecule has 2 N–H and O–H groups in total. The number of nitrogens with zero attached hydrogens (tertiary/aromatic N) is 7. The number of fused-ring (bicyclic) bond motifs is 3. The molecule has 0 spiro atoms. The molecule has 0 aliphatic heterocycles. The summed E-state index contributed by atoms with van der Waals surface area (Å²) < 4.78 is 65.0. The first kappa shape index (κ1) is 59.6. The molecule has 3 fully saturated rings. The Kier molecular flexibility index (Phi) is 18.3. The van der Waals surface area contributed by atoms with Gasteiger partial charge in [0.2, 0.25) is 17.6 Å². The number of pyridine rings is 6. The maximum absolute atomic E-state index is 12.6. The predicted octanol–water partition coefficient (Wildman–Crippen LogP) is 13.5. The number of halogens is 3. The summed E-state index contributed by atoms with van der Waals surface area (Å²) in [5.74, 6) is 1.71. The van der Waals surface area contributed by atoms with Crippen LogP contribution in [0.15, 0.2) is 59.8 Å². The standard InChI is InChI=1S/2C19H26ClN3O2S.C17H20ClN3O2S/c2*1-6-15(23-26(24)18(2,3)4)13-10-22-17(25-19(5)7-8-19)14-11-21-16(20)9-12(13)14;1-16(2,3)24(22)21-9-11-8-20-15(23-17(4)5-6-17)13-10-19-14(18)7-12(11)13/h2*9-11,15,23H,6-8H2,1-5H3;7-10H,5-6H2,1-4H3/t15-,26+;15-,26-;24-/m100/s1. The van der Waals surface area contributed by atoms with Crippen molar-refractivity contribution in [2.75, 3.05) is 0 Å². The normalized spacial score (nSPS) is 18.4. The molecular weight excluding hydrogens is 1090 g/mol. The van der Waals surface area contributed by atoms with Gasteiger partial charge >= 0.3 is 0 Å². The third-order valence-electron chi connectivity index (χ3n) is 13.1. The minimum atomic E-state index is -1.34. The van der Waals surface area contributed by atoms with E-state index in [0.717, 1.165) is 100 Å². The number of ether oxygens (including phenoxy) is 3. The van der Waals surface area contributed by atoms with Crippen LogP contribution >= 0.6 is 34.8 Å². The molecule has 76 heavy (non-hydrogen) atoms. The van der Waals surface area contributed by atoms with E-state index in [9.17, 15) is 12.6 Å². The first-order valence-electron chi connectivity index (χ1n) is 25.7. The molecular formula is C55H72Cl3N9O6S3. The molecule has 3 aliphatic rings. The van der Waals surface area contributed by atoms with Crippen molar-refractivity contribution in [2.24, 2.45) is 4.40 Å². The van der Waals surface area contributed by atoms with Gasteiger partial charge in [0.25, 0.3) is 0 Å². The molecule has 9 rings (SSSR count). The lowest BCUT2D eigenvalue weighted by molar-refractivity contribution is 0.194. The lowest BCUT2D eigenvalue weighted by Gasteiger charge is -2.25. The summed E-state index contributed by atoms with van der Waals surface area (Å²) in [6, 6.07) is 5.21. The second-order valence-corrected chi connectivity index (χ2v) is 30.5. The monoisotopic (exact) mass is 1160 g/mol. The molecule has 0 bridgehead atoms. The van der Waals surface area contributed by atoms with Crippen LogP contribution in [-0.4, -0.2) is 79.8 Å². The van der Waals surface area contributed by atoms with Gasteiger partial charge in [-0.1, -0.05) is 48.7 Å².